The molecule has 4 N–H and O–H groups in total. The first-order valence-electron chi connectivity index (χ1n) is 11.6. The molecule has 4 rings (SSSR count). The maximum atomic E-state index is 13.3. The lowest BCUT2D eigenvalue weighted by Crippen LogP contribution is -2.71. The first-order valence-corrected chi connectivity index (χ1v) is 14.3. The molecule has 3 aliphatic rings. The van der Waals surface area contributed by atoms with Crippen molar-refractivity contribution >= 4 is 57.7 Å². The number of β-lactam (4-membered cyclic amide) rings is 1. The van der Waals surface area contributed by atoms with Gasteiger partial charge < -0.3 is 20.6 Å². The number of aliphatic carboxylic acids is 1. The average molecular weight is 583 g/mol. The van der Waals surface area contributed by atoms with Gasteiger partial charge in [0, 0.05) is 4.75 Å². The van der Waals surface area contributed by atoms with Crippen molar-refractivity contribution < 1.29 is 42.3 Å². The Morgan fingerprint density at radius 2 is 1.74 bits per heavy atom. The standard InChI is InChI=1S/C22H26N6O9S2/c1-22(2)14(18(31)32)28-16(30)13(17(28)38-22)23-15(29)12(11-7-5-4-6-8-11)24-19(33)25-20(34)26-9-10-27(21(26)35)39(3,36)37/h4-8,12-14,17H,9-10H2,1-3H3,(H,23,29)(H,31,32)(H2,24,25,33,34). The second-order valence-corrected chi connectivity index (χ2v) is 13.3. The van der Waals surface area contributed by atoms with Gasteiger partial charge in [0.2, 0.25) is 21.8 Å². The Morgan fingerprint density at radius 1 is 1.10 bits per heavy atom. The molecule has 3 saturated heterocycles. The van der Waals surface area contributed by atoms with Crippen LogP contribution in [0.5, 0.6) is 0 Å². The zero-order valence-electron chi connectivity index (χ0n) is 21.0. The van der Waals surface area contributed by atoms with Crippen molar-refractivity contribution in [2.24, 2.45) is 0 Å². The van der Waals surface area contributed by atoms with E-state index in [0.29, 0.717) is 14.8 Å². The summed E-state index contributed by atoms with van der Waals surface area (Å²) in [6.07, 6.45) is 0.807. The van der Waals surface area contributed by atoms with Crippen LogP contribution in [-0.4, -0.2) is 105 Å². The van der Waals surface area contributed by atoms with Crippen LogP contribution in [0.25, 0.3) is 0 Å². The SMILES string of the molecule is CC1(C)SC2C(NC(=O)C(NC(=O)NC(=O)N3CCN(S(C)(=O)=O)C3=O)c3ccccc3)C(=O)N2C1C(=O)O. The number of carboxylic acid groups (broad SMARTS) is 1. The van der Waals surface area contributed by atoms with Crippen molar-refractivity contribution in [2.45, 2.75) is 42.1 Å². The van der Waals surface area contributed by atoms with Gasteiger partial charge >= 0.3 is 24.1 Å². The molecule has 0 aromatic heterocycles. The summed E-state index contributed by atoms with van der Waals surface area (Å²) in [6, 6.07) is 0.994. The summed E-state index contributed by atoms with van der Waals surface area (Å²) in [5, 5.41) is 15.8. The highest BCUT2D eigenvalue weighted by Gasteiger charge is 2.64. The fourth-order valence-corrected chi connectivity index (χ4v) is 7.09. The molecule has 0 saturated carbocycles. The number of urea groups is 3. The highest BCUT2D eigenvalue weighted by Crippen LogP contribution is 2.50. The highest BCUT2D eigenvalue weighted by atomic mass is 32.2. The molecule has 4 atom stereocenters. The molecular weight excluding hydrogens is 556 g/mol. The Morgan fingerprint density at radius 3 is 2.31 bits per heavy atom. The van der Waals surface area contributed by atoms with Crippen molar-refractivity contribution in [3.63, 3.8) is 0 Å². The van der Waals surface area contributed by atoms with Crippen LogP contribution >= 0.6 is 11.8 Å². The van der Waals surface area contributed by atoms with Crippen molar-refractivity contribution in [3.05, 3.63) is 35.9 Å². The number of amides is 8. The van der Waals surface area contributed by atoms with Gasteiger partial charge in [0.25, 0.3) is 0 Å². The number of nitrogens with one attached hydrogen (secondary N) is 3. The summed E-state index contributed by atoms with van der Waals surface area (Å²) in [5.41, 5.74) is 0.310. The molecule has 3 heterocycles. The van der Waals surface area contributed by atoms with E-state index in [9.17, 15) is 42.3 Å². The van der Waals surface area contributed by atoms with Gasteiger partial charge in [-0.05, 0) is 19.4 Å². The molecule has 0 radical (unpaired) electrons. The normalized spacial score (nSPS) is 24.5. The Balaban J connectivity index is 1.45. The second-order valence-electron chi connectivity index (χ2n) is 9.60. The van der Waals surface area contributed by atoms with Crippen LogP contribution in [0.3, 0.4) is 0 Å². The lowest BCUT2D eigenvalue weighted by Gasteiger charge is -2.44. The topological polar surface area (TPSA) is 203 Å². The number of imide groups is 2. The zero-order chi connectivity index (χ0) is 28.9. The third-order valence-electron chi connectivity index (χ3n) is 6.48. The number of fused-ring (bicyclic) bond motifs is 1. The third kappa shape index (κ3) is 5.23. The molecular formula is C22H26N6O9S2. The molecule has 0 spiro atoms. The number of carbonyl (C=O) groups is 6. The maximum Gasteiger partial charge on any atom is 0.341 e. The fourth-order valence-electron chi connectivity index (χ4n) is 4.67. The molecule has 3 aliphatic heterocycles. The minimum atomic E-state index is -3.90. The lowest BCUT2D eigenvalue weighted by molar-refractivity contribution is -0.161. The van der Waals surface area contributed by atoms with E-state index in [2.05, 4.69) is 10.6 Å². The highest BCUT2D eigenvalue weighted by molar-refractivity contribution is 8.01. The van der Waals surface area contributed by atoms with Crippen molar-refractivity contribution in [1.29, 1.82) is 0 Å². The summed E-state index contributed by atoms with van der Waals surface area (Å²) in [5.74, 6) is -2.53. The van der Waals surface area contributed by atoms with E-state index in [0.717, 1.165) is 6.26 Å². The van der Waals surface area contributed by atoms with E-state index in [1.807, 2.05) is 5.32 Å². The van der Waals surface area contributed by atoms with E-state index >= 15 is 0 Å². The van der Waals surface area contributed by atoms with Crippen LogP contribution in [0.2, 0.25) is 0 Å². The van der Waals surface area contributed by atoms with Crippen LogP contribution in [-0.2, 0) is 24.4 Å². The number of thioether (sulfide) groups is 1. The van der Waals surface area contributed by atoms with E-state index in [4.69, 9.17) is 0 Å². The lowest BCUT2D eigenvalue weighted by atomic mass is 9.95. The fraction of sp³-hybridized carbons (Fsp3) is 0.455. The molecule has 1 aromatic rings. The number of carbonyl (C=O) groups excluding carboxylic acids is 5. The second kappa shape index (κ2) is 10.0. The van der Waals surface area contributed by atoms with Crippen LogP contribution in [0.1, 0.15) is 25.5 Å². The van der Waals surface area contributed by atoms with Crippen molar-refractivity contribution in [1.82, 2.24) is 30.1 Å². The zero-order valence-corrected chi connectivity index (χ0v) is 22.6. The summed E-state index contributed by atoms with van der Waals surface area (Å²) < 4.78 is 23.0. The Kier molecular flexibility index (Phi) is 7.24. The van der Waals surface area contributed by atoms with E-state index < -0.39 is 74.1 Å². The molecule has 0 aliphatic carbocycles. The van der Waals surface area contributed by atoms with Gasteiger partial charge in [0.05, 0.1) is 19.3 Å². The van der Waals surface area contributed by atoms with Gasteiger partial charge in [-0.15, -0.1) is 11.8 Å². The number of hydrogen-bond donors (Lipinski definition) is 4. The summed E-state index contributed by atoms with van der Waals surface area (Å²) >= 11 is 1.23. The van der Waals surface area contributed by atoms with E-state index in [-0.39, 0.29) is 13.1 Å². The number of sulfonamides is 1. The first kappa shape index (κ1) is 28.2. The predicted molar refractivity (Wildman–Crippen MR) is 136 cm³/mol. The molecule has 0 bridgehead atoms. The Bertz CT molecular complexity index is 1350. The van der Waals surface area contributed by atoms with Gasteiger partial charge in [-0.25, -0.2) is 36.8 Å². The number of carboxylic acids is 1. The molecule has 8 amide bonds. The average Bonchev–Trinajstić information content (AvgIpc) is 3.36. The van der Waals surface area contributed by atoms with Gasteiger partial charge in [-0.2, -0.15) is 0 Å². The monoisotopic (exact) mass is 582 g/mol. The van der Waals surface area contributed by atoms with E-state index in [1.54, 1.807) is 32.0 Å². The minimum absolute atomic E-state index is 0.271. The van der Waals surface area contributed by atoms with Gasteiger partial charge in [0.15, 0.2) is 0 Å². The van der Waals surface area contributed by atoms with Crippen LogP contribution in [0, 0.1) is 0 Å². The molecule has 15 nitrogen and oxygen atoms in total. The van der Waals surface area contributed by atoms with E-state index in [1.165, 1.54) is 28.8 Å². The quantitative estimate of drug-likeness (QED) is 0.316. The first-order chi connectivity index (χ1) is 18.1. The molecule has 210 valence electrons. The van der Waals surface area contributed by atoms with Gasteiger partial charge in [-0.3, -0.25) is 14.9 Å². The molecule has 3 fully saturated rings. The number of hydrogen-bond acceptors (Lipinski definition) is 9. The van der Waals surface area contributed by atoms with Crippen LogP contribution in [0.15, 0.2) is 30.3 Å². The minimum Gasteiger partial charge on any atom is -0.480 e. The largest absolute Gasteiger partial charge is 0.480 e. The molecule has 17 heteroatoms. The predicted octanol–water partition coefficient (Wildman–Crippen LogP) is -0.524. The summed E-state index contributed by atoms with van der Waals surface area (Å²) in [4.78, 5) is 77.0. The van der Waals surface area contributed by atoms with Gasteiger partial charge in [-0.1, -0.05) is 30.3 Å². The molecule has 4 unspecified atom stereocenters. The molecule has 1 aromatic carbocycles. The number of benzene rings is 1. The summed E-state index contributed by atoms with van der Waals surface area (Å²) in [6.45, 7) is 2.83. The molecule has 39 heavy (non-hydrogen) atoms. The Hall–Kier alpha value is -3.86. The van der Waals surface area contributed by atoms with Crippen LogP contribution < -0.4 is 16.0 Å². The smallest absolute Gasteiger partial charge is 0.341 e. The van der Waals surface area contributed by atoms with Crippen molar-refractivity contribution in [3.8, 4) is 0 Å². The Labute approximate surface area is 227 Å². The van der Waals surface area contributed by atoms with Crippen molar-refractivity contribution in [2.75, 3.05) is 19.3 Å². The van der Waals surface area contributed by atoms with Crippen LogP contribution in [0.4, 0.5) is 14.4 Å². The third-order valence-corrected chi connectivity index (χ3v) is 9.19. The maximum absolute atomic E-state index is 13.3. The summed E-state index contributed by atoms with van der Waals surface area (Å²) in [7, 11) is -3.90. The number of rotatable bonds is 6. The number of nitrogens with zero attached hydrogens (tertiary/aromatic N) is 3. The van der Waals surface area contributed by atoms with Gasteiger partial charge in [0.1, 0.15) is 23.5 Å².